The number of rotatable bonds is 7. The Labute approximate surface area is 186 Å². The molecule has 1 aromatic heterocycles. The highest BCUT2D eigenvalue weighted by Gasteiger charge is 2.32. The van der Waals surface area contributed by atoms with Crippen LogP contribution in [0.5, 0.6) is 11.6 Å². The summed E-state index contributed by atoms with van der Waals surface area (Å²) in [6.45, 7) is 0.823. The number of hydrogen-bond acceptors (Lipinski definition) is 4. The molecule has 2 heterocycles. The molecule has 1 aliphatic heterocycles. The van der Waals surface area contributed by atoms with Crippen LogP contribution < -0.4 is 10.1 Å². The zero-order valence-corrected chi connectivity index (χ0v) is 17.5. The molecule has 3 aromatic rings. The van der Waals surface area contributed by atoms with E-state index in [1.807, 2.05) is 30.3 Å². The fraction of sp³-hybridized carbons (Fsp3) is 0.240. The molecule has 1 N–H and O–H groups in total. The molecule has 1 aliphatic rings. The summed E-state index contributed by atoms with van der Waals surface area (Å²) in [5, 5.41) is 2.95. The van der Waals surface area contributed by atoms with E-state index in [9.17, 15) is 14.0 Å². The number of nitrogens with one attached hydrogen (secondary N) is 1. The molecule has 2 aromatic carbocycles. The van der Waals surface area contributed by atoms with Crippen LogP contribution in [0.25, 0.3) is 0 Å². The Morgan fingerprint density at radius 3 is 2.62 bits per heavy atom. The third-order valence-corrected chi connectivity index (χ3v) is 5.34. The Balaban J connectivity index is 1.46. The second-order valence-corrected chi connectivity index (χ2v) is 7.63. The number of carbonyl (C=O) groups is 2. The van der Waals surface area contributed by atoms with Crippen molar-refractivity contribution >= 4 is 11.8 Å². The first-order valence-corrected chi connectivity index (χ1v) is 10.6. The summed E-state index contributed by atoms with van der Waals surface area (Å²) in [5.74, 6) is 0.229. The fourth-order valence-electron chi connectivity index (χ4n) is 3.73. The highest BCUT2D eigenvalue weighted by Crippen LogP contribution is 2.26. The highest BCUT2D eigenvalue weighted by atomic mass is 19.1. The Morgan fingerprint density at radius 2 is 1.88 bits per heavy atom. The van der Waals surface area contributed by atoms with E-state index >= 15 is 0 Å². The van der Waals surface area contributed by atoms with Crippen LogP contribution in [0, 0.1) is 5.82 Å². The molecule has 7 heteroatoms. The summed E-state index contributed by atoms with van der Waals surface area (Å²) >= 11 is 0. The molecule has 0 spiro atoms. The van der Waals surface area contributed by atoms with Crippen LogP contribution in [0.2, 0.25) is 0 Å². The van der Waals surface area contributed by atoms with Gasteiger partial charge in [0.15, 0.2) is 0 Å². The molecule has 0 radical (unpaired) electrons. The van der Waals surface area contributed by atoms with Crippen molar-refractivity contribution in [1.29, 1.82) is 0 Å². The van der Waals surface area contributed by atoms with Crippen molar-refractivity contribution in [2.75, 3.05) is 6.54 Å². The van der Waals surface area contributed by atoms with Crippen molar-refractivity contribution in [3.05, 3.63) is 89.9 Å². The lowest BCUT2D eigenvalue weighted by molar-refractivity contribution is -0.142. The first kappa shape index (κ1) is 21.5. The summed E-state index contributed by atoms with van der Waals surface area (Å²) in [5.41, 5.74) is 1.58. The van der Waals surface area contributed by atoms with Crippen LogP contribution in [0.1, 0.15) is 36.4 Å². The second-order valence-electron chi connectivity index (χ2n) is 7.63. The number of halogens is 1. The number of carbonyl (C=O) groups excluding carboxylic acids is 2. The summed E-state index contributed by atoms with van der Waals surface area (Å²) in [4.78, 5) is 31.5. The van der Waals surface area contributed by atoms with Gasteiger partial charge in [0.1, 0.15) is 17.6 Å². The van der Waals surface area contributed by atoms with Gasteiger partial charge >= 0.3 is 0 Å². The maximum Gasteiger partial charge on any atom is 0.247 e. The maximum absolute atomic E-state index is 13.2. The van der Waals surface area contributed by atoms with Crippen LogP contribution in [-0.2, 0) is 16.1 Å². The number of amides is 2. The number of aromatic nitrogens is 1. The highest BCUT2D eigenvalue weighted by molar-refractivity contribution is 5.89. The second kappa shape index (κ2) is 10.0. The molecule has 4 rings (SSSR count). The fourth-order valence-corrected chi connectivity index (χ4v) is 3.73. The van der Waals surface area contributed by atoms with E-state index in [0.29, 0.717) is 24.6 Å². The molecule has 1 unspecified atom stereocenters. The molecule has 1 fully saturated rings. The summed E-state index contributed by atoms with van der Waals surface area (Å²) in [6, 6.07) is 17.8. The van der Waals surface area contributed by atoms with E-state index in [-0.39, 0.29) is 24.2 Å². The molecular weight excluding hydrogens is 409 g/mol. The topological polar surface area (TPSA) is 71.5 Å². The average Bonchev–Trinajstić information content (AvgIpc) is 2.82. The lowest BCUT2D eigenvalue weighted by Crippen LogP contribution is -2.45. The number of nitrogens with zero attached hydrogens (tertiary/aromatic N) is 2. The summed E-state index contributed by atoms with van der Waals surface area (Å²) in [6.07, 6.45) is 3.79. The first-order valence-electron chi connectivity index (χ1n) is 10.6. The number of pyridine rings is 1. The molecule has 1 atom stereocenters. The van der Waals surface area contributed by atoms with Gasteiger partial charge in [0.2, 0.25) is 17.7 Å². The molecule has 32 heavy (non-hydrogen) atoms. The predicted octanol–water partition coefficient (Wildman–Crippen LogP) is 4.38. The van der Waals surface area contributed by atoms with Crippen LogP contribution in [0.4, 0.5) is 4.39 Å². The quantitative estimate of drug-likeness (QED) is 0.600. The van der Waals surface area contributed by atoms with Gasteiger partial charge in [-0.3, -0.25) is 9.59 Å². The molecule has 6 nitrogen and oxygen atoms in total. The molecule has 0 bridgehead atoms. The van der Waals surface area contributed by atoms with Gasteiger partial charge in [0.25, 0.3) is 0 Å². The summed E-state index contributed by atoms with van der Waals surface area (Å²) < 4.78 is 18.7. The minimum atomic E-state index is -0.666. The van der Waals surface area contributed by atoms with E-state index in [0.717, 1.165) is 24.0 Å². The lowest BCUT2D eigenvalue weighted by atomic mass is 10.0. The van der Waals surface area contributed by atoms with E-state index in [1.165, 1.54) is 24.3 Å². The zero-order chi connectivity index (χ0) is 22.3. The Hall–Kier alpha value is -3.74. The van der Waals surface area contributed by atoms with Crippen molar-refractivity contribution in [3.8, 4) is 11.6 Å². The lowest BCUT2D eigenvalue weighted by Gasteiger charge is -2.34. The summed E-state index contributed by atoms with van der Waals surface area (Å²) in [7, 11) is 0. The maximum atomic E-state index is 13.2. The van der Waals surface area contributed by atoms with Gasteiger partial charge in [-0.15, -0.1) is 0 Å². The third-order valence-electron chi connectivity index (χ3n) is 5.34. The standard InChI is InChI=1S/C25H24FN3O3/c26-20-9-11-21(12-10-20)32-22-16-18(13-14-27-22)17-28-25(31)24(19-6-2-1-3-7-19)29-15-5-4-8-23(29)30/h1-3,6-7,9-14,16,24H,4-5,8,15,17H2,(H,28,31). The number of benzene rings is 2. The van der Waals surface area contributed by atoms with Gasteiger partial charge < -0.3 is 15.0 Å². The van der Waals surface area contributed by atoms with Crippen molar-refractivity contribution in [3.63, 3.8) is 0 Å². The normalized spacial score (nSPS) is 14.7. The Morgan fingerprint density at radius 1 is 1.09 bits per heavy atom. The van der Waals surface area contributed by atoms with Gasteiger partial charge in [-0.05, 0) is 54.3 Å². The minimum absolute atomic E-state index is 0.000789. The van der Waals surface area contributed by atoms with Crippen LogP contribution >= 0.6 is 0 Å². The third kappa shape index (κ3) is 5.29. The SMILES string of the molecule is O=C(NCc1ccnc(Oc2ccc(F)cc2)c1)C(c1ccccc1)N1CCCCC1=O. The van der Waals surface area contributed by atoms with Crippen molar-refractivity contribution in [1.82, 2.24) is 15.2 Å². The average molecular weight is 433 g/mol. The predicted molar refractivity (Wildman–Crippen MR) is 117 cm³/mol. The monoisotopic (exact) mass is 433 g/mol. The number of piperidine rings is 1. The molecule has 1 saturated heterocycles. The Kier molecular flexibility index (Phi) is 6.75. The zero-order valence-electron chi connectivity index (χ0n) is 17.5. The molecule has 2 amide bonds. The first-order chi connectivity index (χ1) is 15.6. The van der Waals surface area contributed by atoms with Gasteiger partial charge in [-0.2, -0.15) is 0 Å². The van der Waals surface area contributed by atoms with Crippen molar-refractivity contribution in [2.24, 2.45) is 0 Å². The van der Waals surface area contributed by atoms with Gasteiger partial charge in [-0.25, -0.2) is 9.37 Å². The molecule has 164 valence electrons. The van der Waals surface area contributed by atoms with E-state index in [2.05, 4.69) is 10.3 Å². The van der Waals surface area contributed by atoms with Gasteiger partial charge in [0, 0.05) is 31.8 Å². The largest absolute Gasteiger partial charge is 0.439 e. The number of likely N-dealkylation sites (tertiary alicyclic amines) is 1. The molecule has 0 saturated carbocycles. The van der Waals surface area contributed by atoms with Crippen LogP contribution in [0.3, 0.4) is 0 Å². The smallest absolute Gasteiger partial charge is 0.247 e. The Bertz CT molecular complexity index is 1070. The van der Waals surface area contributed by atoms with Gasteiger partial charge in [-0.1, -0.05) is 30.3 Å². The molecular formula is C25H24FN3O3. The van der Waals surface area contributed by atoms with E-state index in [1.54, 1.807) is 23.2 Å². The number of ether oxygens (including phenoxy) is 1. The van der Waals surface area contributed by atoms with Crippen molar-refractivity contribution < 1.29 is 18.7 Å². The van der Waals surface area contributed by atoms with Crippen LogP contribution in [-0.4, -0.2) is 28.2 Å². The van der Waals surface area contributed by atoms with Gasteiger partial charge in [0.05, 0.1) is 0 Å². The van der Waals surface area contributed by atoms with E-state index < -0.39 is 6.04 Å². The van der Waals surface area contributed by atoms with Crippen molar-refractivity contribution in [2.45, 2.75) is 31.8 Å². The molecule has 0 aliphatic carbocycles. The van der Waals surface area contributed by atoms with Crippen LogP contribution in [0.15, 0.2) is 72.9 Å². The van der Waals surface area contributed by atoms with E-state index in [4.69, 9.17) is 4.74 Å². The minimum Gasteiger partial charge on any atom is -0.439 e. The number of hydrogen-bond donors (Lipinski definition) is 1.